The van der Waals surface area contributed by atoms with Gasteiger partial charge in [0.15, 0.2) is 0 Å². The fraction of sp³-hybridized carbons (Fsp3) is 0. The van der Waals surface area contributed by atoms with Gasteiger partial charge in [-0.2, -0.15) is 5.26 Å². The molecule has 6 heteroatoms. The van der Waals surface area contributed by atoms with Crippen LogP contribution in [0.25, 0.3) is 154 Å². The van der Waals surface area contributed by atoms with Gasteiger partial charge in [0.1, 0.15) is 22.8 Å². The molecule has 0 saturated heterocycles. The molecule has 17 rings (SSSR count). The Bertz CT molecular complexity index is 5880. The SMILES string of the molecule is [2H]c1c([2H])c([2H])c(-c2ccc3c(c2)c2c4oc5ccccc5c4ccc2n3-c2c(-c3c([2H])c([2H])c([2H])c([2H])c3[2H])c(-n3c4ccccc4c4ccccc43)c(-n3c4ccccc4c4ccccc43)c(C#N)c2-n2c3ccccc3c3ccccc32)c([2H])c1[2H]. The number of para-hydroxylation sites is 7. The summed E-state index contributed by atoms with van der Waals surface area (Å²) in [5.41, 5.74) is 8.16. The van der Waals surface area contributed by atoms with Gasteiger partial charge in [-0.3, -0.25) is 0 Å². The fourth-order valence-electron chi connectivity index (χ4n) is 12.9. The van der Waals surface area contributed by atoms with E-state index in [4.69, 9.17) is 8.53 Å². The molecule has 0 N–H and O–H groups in total. The summed E-state index contributed by atoms with van der Waals surface area (Å²) in [5.74, 6) is 0. The summed E-state index contributed by atoms with van der Waals surface area (Å²) in [7, 11) is 0. The van der Waals surface area contributed by atoms with Gasteiger partial charge in [-0.15, -0.1) is 0 Å². The van der Waals surface area contributed by atoms with Gasteiger partial charge in [0.2, 0.25) is 0 Å². The molecular formula is C73H43N5O. The number of aromatic nitrogens is 4. The average molecular weight is 1020 g/mol. The van der Waals surface area contributed by atoms with Crippen molar-refractivity contribution in [2.75, 3.05) is 0 Å². The summed E-state index contributed by atoms with van der Waals surface area (Å²) in [4.78, 5) is 0. The van der Waals surface area contributed by atoms with E-state index in [9.17, 15) is 14.9 Å². The summed E-state index contributed by atoms with van der Waals surface area (Å²) in [6.45, 7) is 0. The van der Waals surface area contributed by atoms with Crippen LogP contribution in [0.3, 0.4) is 0 Å². The summed E-state index contributed by atoms with van der Waals surface area (Å²) in [6, 6.07) is 62.7. The highest BCUT2D eigenvalue weighted by atomic mass is 16.3. The van der Waals surface area contributed by atoms with Crippen LogP contribution >= 0.6 is 0 Å². The van der Waals surface area contributed by atoms with Crippen LogP contribution in [-0.4, -0.2) is 18.3 Å². The number of fused-ring (bicyclic) bond motifs is 16. The quantitative estimate of drug-likeness (QED) is 0.167. The standard InChI is InChI=1S/C73H43N5O/c74-44-57-69(75-58-32-14-7-25-48(58)49-26-8-15-33-59(49)75)71(77-62-36-18-11-29-52(62)53-30-12-19-37-63(53)77)67(46-23-5-2-6-24-46)72(70(57)76-60-34-16-9-27-50(60)51-28-10-17-35-61(51)76)78-64-41-39-47(45-21-3-1-4-22-45)43-56(64)68-65(78)42-40-55-54-31-13-20-38-66(54)79-73(55)68/h1-43H/i1D,2D,3D,4D,5D,6D,21D,22D,23D,24D. The second-order valence-corrected chi connectivity index (χ2v) is 19.9. The number of nitriles is 1. The maximum absolute atomic E-state index is 13.0. The molecule has 79 heavy (non-hydrogen) atoms. The number of furan rings is 1. The Morgan fingerprint density at radius 2 is 0.709 bits per heavy atom. The highest BCUT2D eigenvalue weighted by Gasteiger charge is 2.35. The molecule has 0 radical (unpaired) electrons. The summed E-state index contributed by atoms with van der Waals surface area (Å²) in [6.07, 6.45) is 0. The zero-order valence-electron chi connectivity index (χ0n) is 51.7. The maximum atomic E-state index is 13.0. The van der Waals surface area contributed by atoms with Crippen molar-refractivity contribution in [1.82, 2.24) is 18.3 Å². The Labute approximate surface area is 466 Å². The van der Waals surface area contributed by atoms with Gasteiger partial charge < -0.3 is 22.7 Å². The Kier molecular flexibility index (Phi) is 7.27. The maximum Gasteiger partial charge on any atom is 0.145 e. The van der Waals surface area contributed by atoms with E-state index in [0.717, 1.165) is 54.1 Å². The van der Waals surface area contributed by atoms with Crippen LogP contribution in [0.15, 0.2) is 265 Å². The first-order valence-corrected chi connectivity index (χ1v) is 26.0. The lowest BCUT2D eigenvalue weighted by atomic mass is 9.93. The van der Waals surface area contributed by atoms with E-state index in [1.165, 1.54) is 0 Å². The topological polar surface area (TPSA) is 56.6 Å². The lowest BCUT2D eigenvalue weighted by Gasteiger charge is -2.29. The summed E-state index contributed by atoms with van der Waals surface area (Å²) in [5, 5.41) is 20.9. The Hall–Kier alpha value is -10.9. The normalized spacial score (nSPS) is 13.8. The van der Waals surface area contributed by atoms with Gasteiger partial charge in [-0.25, -0.2) is 0 Å². The Morgan fingerprint density at radius 3 is 1.18 bits per heavy atom. The van der Waals surface area contributed by atoms with E-state index < -0.39 is 48.3 Å². The minimum absolute atomic E-state index is 0.0164. The number of rotatable bonds is 6. The first-order valence-electron chi connectivity index (χ1n) is 31.0. The molecule has 0 aliphatic rings. The Balaban J connectivity index is 1.23. The molecule has 0 bridgehead atoms. The third-order valence-corrected chi connectivity index (χ3v) is 16.0. The number of hydrogen-bond donors (Lipinski definition) is 0. The molecule has 0 aliphatic heterocycles. The first-order chi connectivity index (χ1) is 43.4. The summed E-state index contributed by atoms with van der Waals surface area (Å²) < 4.78 is 109. The van der Waals surface area contributed by atoms with Crippen LogP contribution in [-0.2, 0) is 0 Å². The number of nitrogens with zero attached hydrogens (tertiary/aromatic N) is 5. The minimum Gasteiger partial charge on any atom is -0.455 e. The third-order valence-electron chi connectivity index (χ3n) is 16.0. The fourth-order valence-corrected chi connectivity index (χ4v) is 12.9. The molecule has 0 atom stereocenters. The van der Waals surface area contributed by atoms with Gasteiger partial charge in [0.05, 0.1) is 86.0 Å². The second-order valence-electron chi connectivity index (χ2n) is 19.9. The zero-order valence-corrected chi connectivity index (χ0v) is 41.7. The second kappa shape index (κ2) is 16.6. The predicted molar refractivity (Wildman–Crippen MR) is 327 cm³/mol. The average Bonchev–Trinajstić information content (AvgIpc) is 1.68. The molecule has 12 aromatic carbocycles. The molecule has 5 heterocycles. The van der Waals surface area contributed by atoms with Gasteiger partial charge >= 0.3 is 0 Å². The molecule has 0 aliphatic carbocycles. The molecule has 0 fully saturated rings. The van der Waals surface area contributed by atoms with Crippen molar-refractivity contribution in [3.63, 3.8) is 0 Å². The molecule has 0 unspecified atom stereocenters. The van der Waals surface area contributed by atoms with Crippen molar-refractivity contribution in [1.29, 1.82) is 5.26 Å². The van der Waals surface area contributed by atoms with Gasteiger partial charge in [0, 0.05) is 54.0 Å². The molecule has 17 aromatic rings. The van der Waals surface area contributed by atoms with Crippen molar-refractivity contribution in [2.45, 2.75) is 0 Å². The molecule has 0 amide bonds. The van der Waals surface area contributed by atoms with Crippen LogP contribution in [0.2, 0.25) is 0 Å². The van der Waals surface area contributed by atoms with E-state index in [1.807, 2.05) is 187 Å². The van der Waals surface area contributed by atoms with E-state index in [1.54, 1.807) is 6.07 Å². The number of benzene rings is 12. The third kappa shape index (κ3) is 5.98. The van der Waals surface area contributed by atoms with Crippen LogP contribution < -0.4 is 0 Å². The highest BCUT2D eigenvalue weighted by molar-refractivity contribution is 6.25. The van der Waals surface area contributed by atoms with E-state index in [-0.39, 0.29) is 40.0 Å². The Morgan fingerprint density at radius 1 is 0.329 bits per heavy atom. The van der Waals surface area contributed by atoms with Gasteiger partial charge in [0.25, 0.3) is 0 Å². The van der Waals surface area contributed by atoms with Crippen molar-refractivity contribution in [3.8, 4) is 51.1 Å². The predicted octanol–water partition coefficient (Wildman–Crippen LogP) is 19.2. The first kappa shape index (κ1) is 34.7. The van der Waals surface area contributed by atoms with Gasteiger partial charge in [-0.1, -0.05) is 194 Å². The molecule has 5 aromatic heterocycles. The lowest BCUT2D eigenvalue weighted by molar-refractivity contribution is 0.673. The molecule has 6 nitrogen and oxygen atoms in total. The smallest absolute Gasteiger partial charge is 0.145 e. The summed E-state index contributed by atoms with van der Waals surface area (Å²) >= 11 is 0. The zero-order chi connectivity index (χ0) is 60.6. The van der Waals surface area contributed by atoms with E-state index in [0.29, 0.717) is 77.7 Å². The number of hydrogen-bond acceptors (Lipinski definition) is 2. The molecule has 0 spiro atoms. The van der Waals surface area contributed by atoms with Crippen molar-refractivity contribution in [2.24, 2.45) is 0 Å². The van der Waals surface area contributed by atoms with Crippen LogP contribution in [0.4, 0.5) is 0 Å². The van der Waals surface area contributed by atoms with E-state index in [2.05, 4.69) is 31.9 Å². The monoisotopic (exact) mass is 1020 g/mol. The van der Waals surface area contributed by atoms with Gasteiger partial charge in [-0.05, 0) is 83.4 Å². The van der Waals surface area contributed by atoms with E-state index >= 15 is 0 Å². The van der Waals surface area contributed by atoms with Crippen molar-refractivity contribution >= 4 is 109 Å². The molecular weight excluding hydrogens is 963 g/mol. The van der Waals surface area contributed by atoms with Crippen molar-refractivity contribution < 1.29 is 18.1 Å². The lowest BCUT2D eigenvalue weighted by Crippen LogP contribution is -2.16. The molecule has 0 saturated carbocycles. The van der Waals surface area contributed by atoms with Crippen LogP contribution in [0.5, 0.6) is 0 Å². The minimum atomic E-state index is -0.591. The highest BCUT2D eigenvalue weighted by Crippen LogP contribution is 2.53. The van der Waals surface area contributed by atoms with Crippen LogP contribution in [0, 0.1) is 11.3 Å². The van der Waals surface area contributed by atoms with Crippen molar-refractivity contribution in [3.05, 3.63) is 266 Å². The largest absolute Gasteiger partial charge is 0.455 e. The molecule has 366 valence electrons. The van der Waals surface area contributed by atoms with Crippen LogP contribution in [0.1, 0.15) is 19.3 Å².